The van der Waals surface area contributed by atoms with Crippen LogP contribution in [0.25, 0.3) is 55.1 Å². The van der Waals surface area contributed by atoms with Crippen molar-refractivity contribution in [3.05, 3.63) is 102 Å². The summed E-state index contributed by atoms with van der Waals surface area (Å²) in [5, 5.41) is 7.16. The molecule has 1 aromatic heterocycles. The van der Waals surface area contributed by atoms with Crippen LogP contribution in [0.3, 0.4) is 0 Å². The Bertz CT molecular complexity index is 1610. The highest BCUT2D eigenvalue weighted by atomic mass is 35.5. The molecule has 6 rings (SSSR count). The van der Waals surface area contributed by atoms with Gasteiger partial charge in [0.1, 0.15) is 0 Å². The fourth-order valence-electron chi connectivity index (χ4n) is 4.16. The smallest absolute Gasteiger partial charge is 0.208 e. The quantitative estimate of drug-likeness (QED) is 0.277. The minimum Gasteiger partial charge on any atom is -0.208 e. The van der Waals surface area contributed by atoms with E-state index >= 15 is 0 Å². The van der Waals surface area contributed by atoms with Crippen LogP contribution in [0, 0.1) is 0 Å². The summed E-state index contributed by atoms with van der Waals surface area (Å²) in [5.74, 6) is 1.14. The van der Waals surface area contributed by atoms with Crippen molar-refractivity contribution in [2.24, 2.45) is 0 Å². The van der Waals surface area contributed by atoms with Crippen molar-refractivity contribution < 1.29 is 0 Å². The van der Waals surface area contributed by atoms with Crippen molar-refractivity contribution in [2.45, 2.75) is 0 Å². The zero-order valence-corrected chi connectivity index (χ0v) is 17.2. The minimum atomic E-state index is 0.186. The number of fused-ring (bicyclic) bond motifs is 4. The monoisotopic (exact) mass is 417 g/mol. The van der Waals surface area contributed by atoms with Crippen LogP contribution in [0.2, 0.25) is 5.28 Å². The number of benzene rings is 5. The second-order valence-electron chi connectivity index (χ2n) is 7.50. The van der Waals surface area contributed by atoms with Crippen molar-refractivity contribution in [3.63, 3.8) is 0 Å². The molecule has 0 saturated carbocycles. The molecule has 3 nitrogen and oxygen atoms in total. The molecule has 0 amide bonds. The van der Waals surface area contributed by atoms with Crippen molar-refractivity contribution in [1.29, 1.82) is 0 Å². The third-order valence-electron chi connectivity index (χ3n) is 5.64. The van der Waals surface area contributed by atoms with E-state index in [4.69, 9.17) is 16.6 Å². The van der Waals surface area contributed by atoms with E-state index in [9.17, 15) is 0 Å². The van der Waals surface area contributed by atoms with Crippen LogP contribution in [-0.4, -0.2) is 15.0 Å². The highest BCUT2D eigenvalue weighted by molar-refractivity contribution is 6.28. The molecule has 0 aliphatic carbocycles. The van der Waals surface area contributed by atoms with Gasteiger partial charge in [-0.1, -0.05) is 91.0 Å². The average Bonchev–Trinajstić information content (AvgIpc) is 2.83. The first-order valence-corrected chi connectivity index (χ1v) is 10.5. The summed E-state index contributed by atoms with van der Waals surface area (Å²) in [6.45, 7) is 0. The Kier molecular flexibility index (Phi) is 4.15. The molecule has 0 N–H and O–H groups in total. The highest BCUT2D eigenvalue weighted by Gasteiger charge is 2.13. The zero-order valence-electron chi connectivity index (χ0n) is 16.5. The molecule has 1 heterocycles. The van der Waals surface area contributed by atoms with E-state index in [2.05, 4.69) is 76.7 Å². The van der Waals surface area contributed by atoms with E-state index < -0.39 is 0 Å². The Balaban J connectivity index is 1.56. The van der Waals surface area contributed by atoms with E-state index in [1.54, 1.807) is 0 Å². The second kappa shape index (κ2) is 7.15. The predicted octanol–water partition coefficient (Wildman–Crippen LogP) is 7.32. The standard InChI is InChI=1S/C27H16ClN3/c28-27-30-25(20-13-12-17-6-1-2-8-19(17)16-20)29-26(31-27)24-11-5-10-22-21-9-4-3-7-18(21)14-15-23(22)24/h1-16H. The molecule has 146 valence electrons. The first kappa shape index (κ1) is 18.0. The Hall–Kier alpha value is -3.82. The zero-order chi connectivity index (χ0) is 20.8. The van der Waals surface area contributed by atoms with Gasteiger partial charge >= 0.3 is 0 Å². The van der Waals surface area contributed by atoms with Gasteiger partial charge in [0.25, 0.3) is 0 Å². The maximum atomic E-state index is 6.35. The van der Waals surface area contributed by atoms with Gasteiger partial charge in [-0.2, -0.15) is 9.97 Å². The maximum Gasteiger partial charge on any atom is 0.226 e. The summed E-state index contributed by atoms with van der Waals surface area (Å²) in [5.41, 5.74) is 1.85. The molecule has 0 fully saturated rings. The van der Waals surface area contributed by atoms with Gasteiger partial charge in [-0.25, -0.2) is 4.98 Å². The predicted molar refractivity (Wildman–Crippen MR) is 128 cm³/mol. The Morgan fingerprint density at radius 1 is 0.484 bits per heavy atom. The summed E-state index contributed by atoms with van der Waals surface area (Å²) in [4.78, 5) is 13.7. The van der Waals surface area contributed by atoms with Gasteiger partial charge in [-0.05, 0) is 50.0 Å². The van der Waals surface area contributed by atoms with Crippen LogP contribution < -0.4 is 0 Å². The van der Waals surface area contributed by atoms with Crippen LogP contribution in [0.5, 0.6) is 0 Å². The van der Waals surface area contributed by atoms with E-state index in [-0.39, 0.29) is 5.28 Å². The highest BCUT2D eigenvalue weighted by Crippen LogP contribution is 2.33. The van der Waals surface area contributed by atoms with Crippen molar-refractivity contribution >= 4 is 43.9 Å². The molecule has 0 unspecified atom stereocenters. The van der Waals surface area contributed by atoms with Crippen LogP contribution >= 0.6 is 11.6 Å². The molecule has 0 radical (unpaired) electrons. The summed E-state index contributed by atoms with van der Waals surface area (Å²) < 4.78 is 0. The van der Waals surface area contributed by atoms with Gasteiger partial charge in [-0.15, -0.1) is 0 Å². The first-order chi connectivity index (χ1) is 15.3. The number of aromatic nitrogens is 3. The van der Waals surface area contributed by atoms with Gasteiger partial charge in [-0.3, -0.25) is 0 Å². The fraction of sp³-hybridized carbons (Fsp3) is 0. The average molecular weight is 418 g/mol. The molecule has 0 bridgehead atoms. The molecule has 0 saturated heterocycles. The lowest BCUT2D eigenvalue weighted by molar-refractivity contribution is 1.07. The van der Waals surface area contributed by atoms with E-state index in [0.29, 0.717) is 11.6 Å². The van der Waals surface area contributed by atoms with Crippen LogP contribution in [0.15, 0.2) is 97.1 Å². The van der Waals surface area contributed by atoms with Gasteiger partial charge in [0, 0.05) is 11.1 Å². The summed E-state index contributed by atoms with van der Waals surface area (Å²) in [6.07, 6.45) is 0. The molecular formula is C27H16ClN3. The van der Waals surface area contributed by atoms with E-state index in [1.165, 1.54) is 21.5 Å². The Morgan fingerprint density at radius 3 is 2.10 bits per heavy atom. The van der Waals surface area contributed by atoms with Crippen LogP contribution in [-0.2, 0) is 0 Å². The normalized spacial score (nSPS) is 11.4. The number of rotatable bonds is 2. The summed E-state index contributed by atoms with van der Waals surface area (Å²) in [6, 6.07) is 33.3. The number of nitrogens with zero attached hydrogens (tertiary/aromatic N) is 3. The lowest BCUT2D eigenvalue weighted by Crippen LogP contribution is -1.98. The topological polar surface area (TPSA) is 38.7 Å². The number of halogens is 1. The molecule has 31 heavy (non-hydrogen) atoms. The van der Waals surface area contributed by atoms with Crippen molar-refractivity contribution in [2.75, 3.05) is 0 Å². The molecule has 0 atom stereocenters. The van der Waals surface area contributed by atoms with E-state index in [1.807, 2.05) is 30.3 Å². The number of hydrogen-bond donors (Lipinski definition) is 0. The summed E-state index contributed by atoms with van der Waals surface area (Å²) >= 11 is 6.35. The van der Waals surface area contributed by atoms with Gasteiger partial charge < -0.3 is 0 Å². The Labute approximate surface area is 184 Å². The molecule has 5 aromatic carbocycles. The van der Waals surface area contributed by atoms with E-state index in [0.717, 1.165) is 21.9 Å². The van der Waals surface area contributed by atoms with Crippen LogP contribution in [0.1, 0.15) is 0 Å². The minimum absolute atomic E-state index is 0.186. The van der Waals surface area contributed by atoms with Gasteiger partial charge in [0.05, 0.1) is 0 Å². The SMILES string of the molecule is Clc1nc(-c2ccc3ccccc3c2)nc(-c2cccc3c2ccc2ccccc23)n1. The molecule has 0 aliphatic rings. The molecule has 4 heteroatoms. The van der Waals surface area contributed by atoms with Crippen LogP contribution in [0.4, 0.5) is 0 Å². The third kappa shape index (κ3) is 3.11. The molecule has 0 spiro atoms. The summed E-state index contributed by atoms with van der Waals surface area (Å²) in [7, 11) is 0. The van der Waals surface area contributed by atoms with Gasteiger partial charge in [0.2, 0.25) is 5.28 Å². The lowest BCUT2D eigenvalue weighted by Gasteiger charge is -2.10. The Morgan fingerprint density at radius 2 is 1.19 bits per heavy atom. The molecule has 6 aromatic rings. The maximum absolute atomic E-state index is 6.35. The fourth-order valence-corrected chi connectivity index (χ4v) is 4.32. The molecular weight excluding hydrogens is 402 g/mol. The molecule has 0 aliphatic heterocycles. The van der Waals surface area contributed by atoms with Crippen molar-refractivity contribution in [3.8, 4) is 22.8 Å². The second-order valence-corrected chi connectivity index (χ2v) is 7.84. The first-order valence-electron chi connectivity index (χ1n) is 10.1. The lowest BCUT2D eigenvalue weighted by atomic mass is 9.98. The van der Waals surface area contributed by atoms with Gasteiger partial charge in [0.15, 0.2) is 11.6 Å². The number of hydrogen-bond acceptors (Lipinski definition) is 3. The van der Waals surface area contributed by atoms with Crippen molar-refractivity contribution in [1.82, 2.24) is 15.0 Å². The third-order valence-corrected chi connectivity index (χ3v) is 5.81. The largest absolute Gasteiger partial charge is 0.226 e.